The van der Waals surface area contributed by atoms with Crippen LogP contribution in [0.25, 0.3) is 0 Å². The second kappa shape index (κ2) is 6.02. The van der Waals surface area contributed by atoms with E-state index < -0.39 is 42.4 Å². The van der Waals surface area contributed by atoms with E-state index in [2.05, 4.69) is 16.8 Å². The van der Waals surface area contributed by atoms with E-state index in [1.165, 1.54) is 19.2 Å². The van der Waals surface area contributed by atoms with Crippen LogP contribution in [0.4, 0.5) is 10.2 Å². The number of aliphatic hydroxyl groups excluding tert-OH is 2. The summed E-state index contributed by atoms with van der Waals surface area (Å²) in [6.07, 6.45) is -3.56. The molecule has 2 rings (SSSR count). The number of alkyl halides is 1. The fraction of sp³-hybridized carbons (Fsp3) is 0.538. The van der Waals surface area contributed by atoms with Crippen molar-refractivity contribution in [2.45, 2.75) is 37.0 Å². The molecule has 1 aromatic heterocycles. The predicted octanol–water partition coefficient (Wildman–Crippen LogP) is -1.86. The number of rotatable bonds is 2. The third-order valence-electron chi connectivity index (χ3n) is 3.45. The number of hydrogen-bond acceptors (Lipinski definition) is 7. The molecule has 0 aromatic carbocycles. The predicted molar refractivity (Wildman–Crippen MR) is 75.2 cm³/mol. The van der Waals surface area contributed by atoms with Crippen molar-refractivity contribution >= 4 is 5.82 Å². The minimum absolute atomic E-state index is 0.00401. The number of aromatic nitrogens is 2. The summed E-state index contributed by atoms with van der Waals surface area (Å²) in [5.41, 5.74) is 8.92. The average molecular weight is 312 g/mol. The maximum absolute atomic E-state index is 12.4. The zero-order valence-corrected chi connectivity index (χ0v) is 11.8. The van der Waals surface area contributed by atoms with Gasteiger partial charge in [0.2, 0.25) is 0 Å². The summed E-state index contributed by atoms with van der Waals surface area (Å²) in [4.78, 5) is 15.5. The van der Waals surface area contributed by atoms with Crippen molar-refractivity contribution in [3.8, 4) is 11.8 Å². The van der Waals surface area contributed by atoms with E-state index >= 15 is 0 Å². The molecule has 0 bridgehead atoms. The molecule has 0 aliphatic carbocycles. The Hall–Kier alpha value is -1.99. The molecule has 0 radical (unpaired) electrons. The van der Waals surface area contributed by atoms with Gasteiger partial charge in [-0.15, -0.1) is 0 Å². The van der Waals surface area contributed by atoms with Crippen molar-refractivity contribution in [1.82, 2.24) is 9.55 Å². The number of halogens is 1. The van der Waals surface area contributed by atoms with Crippen LogP contribution < -0.4 is 17.2 Å². The van der Waals surface area contributed by atoms with Crippen LogP contribution in [-0.4, -0.2) is 50.3 Å². The molecule has 120 valence electrons. The van der Waals surface area contributed by atoms with Crippen molar-refractivity contribution in [1.29, 1.82) is 0 Å². The Labute approximate surface area is 125 Å². The van der Waals surface area contributed by atoms with Gasteiger partial charge in [-0.1, -0.05) is 11.8 Å². The molecular formula is C13H17FN4O4. The van der Waals surface area contributed by atoms with Gasteiger partial charge < -0.3 is 26.4 Å². The number of hydrogen-bond donors (Lipinski definition) is 4. The highest BCUT2D eigenvalue weighted by Crippen LogP contribution is 2.37. The Morgan fingerprint density at radius 2 is 2.36 bits per heavy atom. The van der Waals surface area contributed by atoms with E-state index in [1.54, 1.807) is 0 Å². The monoisotopic (exact) mass is 312 g/mol. The van der Waals surface area contributed by atoms with Gasteiger partial charge in [0.15, 0.2) is 11.8 Å². The zero-order valence-electron chi connectivity index (χ0n) is 11.8. The molecule has 0 spiro atoms. The van der Waals surface area contributed by atoms with E-state index in [-0.39, 0.29) is 5.82 Å². The van der Waals surface area contributed by atoms with Gasteiger partial charge >= 0.3 is 5.69 Å². The summed E-state index contributed by atoms with van der Waals surface area (Å²) in [6, 6.07) is 1.34. The number of ether oxygens (including phenoxy) is 1. The lowest BCUT2D eigenvalue weighted by atomic mass is 9.90. The first-order valence-electron chi connectivity index (χ1n) is 6.52. The Balaban J connectivity index is 2.53. The fourth-order valence-corrected chi connectivity index (χ4v) is 2.35. The first kappa shape index (κ1) is 16.4. The molecule has 22 heavy (non-hydrogen) atoms. The molecule has 0 amide bonds. The summed E-state index contributed by atoms with van der Waals surface area (Å²) in [5, 5.41) is 20.0. The molecule has 1 aliphatic rings. The molecule has 1 aromatic rings. The Kier molecular flexibility index (Phi) is 4.48. The van der Waals surface area contributed by atoms with Gasteiger partial charge in [-0.05, 0) is 13.0 Å². The molecule has 1 fully saturated rings. The maximum Gasteiger partial charge on any atom is 0.351 e. The van der Waals surface area contributed by atoms with Crippen molar-refractivity contribution in [3.63, 3.8) is 0 Å². The number of anilines is 1. The topological polar surface area (TPSA) is 137 Å². The largest absolute Gasteiger partial charge is 0.391 e. The standard InChI is InChI=1S/C13H17FN4O4/c1-7(19)9-10(20)13(16,4-2-5-14)11(22-9)18-6-3-8(15)17-12(18)21/h3,6-7,9-11,19-20H,5,16H2,1H3,(H2,15,17,21)/t7-,9+,10?,11+,13+/m0/s1. The smallest absolute Gasteiger partial charge is 0.351 e. The SMILES string of the molecule is C[C@H](O)[C@H]1O[C@@H](n2ccc(N)nc2=O)[C@@](N)(C#CCF)C1O. The van der Waals surface area contributed by atoms with Crippen molar-refractivity contribution < 1.29 is 19.3 Å². The number of nitrogens with two attached hydrogens (primary N) is 2. The Morgan fingerprint density at radius 3 is 2.91 bits per heavy atom. The lowest BCUT2D eigenvalue weighted by Gasteiger charge is -2.27. The van der Waals surface area contributed by atoms with E-state index in [1.807, 2.05) is 0 Å². The summed E-state index contributed by atoms with van der Waals surface area (Å²) in [6.45, 7) is 0.413. The second-order valence-electron chi connectivity index (χ2n) is 5.05. The van der Waals surface area contributed by atoms with Crippen LogP contribution in [0.15, 0.2) is 17.1 Å². The normalized spacial score (nSPS) is 32.3. The Morgan fingerprint density at radius 1 is 1.68 bits per heavy atom. The lowest BCUT2D eigenvalue weighted by Crippen LogP contribution is -2.55. The summed E-state index contributed by atoms with van der Waals surface area (Å²) < 4.78 is 18.8. The van der Waals surface area contributed by atoms with E-state index in [4.69, 9.17) is 16.2 Å². The number of nitrogens with zero attached hydrogens (tertiary/aromatic N) is 2. The third-order valence-corrected chi connectivity index (χ3v) is 3.45. The second-order valence-corrected chi connectivity index (χ2v) is 5.05. The fourth-order valence-electron chi connectivity index (χ4n) is 2.35. The minimum Gasteiger partial charge on any atom is -0.391 e. The minimum atomic E-state index is -1.78. The zero-order chi connectivity index (χ0) is 16.5. The van der Waals surface area contributed by atoms with E-state index in [0.29, 0.717) is 0 Å². The molecule has 6 N–H and O–H groups in total. The quantitative estimate of drug-likeness (QED) is 0.470. The average Bonchev–Trinajstić information content (AvgIpc) is 2.70. The van der Waals surface area contributed by atoms with Crippen LogP contribution in [-0.2, 0) is 4.74 Å². The van der Waals surface area contributed by atoms with Gasteiger partial charge in [0.1, 0.15) is 24.7 Å². The molecular weight excluding hydrogens is 295 g/mol. The lowest BCUT2D eigenvalue weighted by molar-refractivity contribution is -0.0778. The highest BCUT2D eigenvalue weighted by Gasteiger charge is 2.55. The molecule has 1 saturated heterocycles. The number of nitrogen functional groups attached to an aromatic ring is 1. The van der Waals surface area contributed by atoms with Crippen LogP contribution >= 0.6 is 0 Å². The van der Waals surface area contributed by atoms with Gasteiger partial charge in [0.05, 0.1) is 6.10 Å². The van der Waals surface area contributed by atoms with Crippen molar-refractivity contribution in [2.75, 3.05) is 12.4 Å². The highest BCUT2D eigenvalue weighted by molar-refractivity contribution is 5.28. The van der Waals surface area contributed by atoms with Crippen molar-refractivity contribution in [3.05, 3.63) is 22.7 Å². The molecule has 0 saturated carbocycles. The molecule has 2 heterocycles. The van der Waals surface area contributed by atoms with Gasteiger partial charge in [-0.25, -0.2) is 9.18 Å². The molecule has 1 unspecified atom stereocenters. The van der Waals surface area contributed by atoms with E-state index in [0.717, 1.165) is 4.57 Å². The van der Waals surface area contributed by atoms with E-state index in [9.17, 15) is 19.4 Å². The van der Waals surface area contributed by atoms with Crippen molar-refractivity contribution in [2.24, 2.45) is 5.73 Å². The summed E-state index contributed by atoms with van der Waals surface area (Å²) in [7, 11) is 0. The van der Waals surface area contributed by atoms with Crippen LogP contribution in [0.5, 0.6) is 0 Å². The summed E-state index contributed by atoms with van der Waals surface area (Å²) >= 11 is 0. The van der Waals surface area contributed by atoms with Crippen LogP contribution in [0.3, 0.4) is 0 Å². The summed E-state index contributed by atoms with van der Waals surface area (Å²) in [5.74, 6) is 4.51. The highest BCUT2D eigenvalue weighted by atomic mass is 19.1. The first-order chi connectivity index (χ1) is 10.3. The molecule has 1 aliphatic heterocycles. The van der Waals surface area contributed by atoms with Crippen LogP contribution in [0.1, 0.15) is 13.2 Å². The first-order valence-corrected chi connectivity index (χ1v) is 6.52. The molecule has 8 nitrogen and oxygen atoms in total. The van der Waals surface area contributed by atoms with Gasteiger partial charge in [-0.2, -0.15) is 4.98 Å². The number of aliphatic hydroxyl groups is 2. The van der Waals surface area contributed by atoms with Gasteiger partial charge in [0, 0.05) is 6.20 Å². The maximum atomic E-state index is 12.4. The van der Waals surface area contributed by atoms with Crippen LogP contribution in [0, 0.1) is 11.8 Å². The molecule has 9 heteroatoms. The third kappa shape index (κ3) is 2.69. The van der Waals surface area contributed by atoms with Gasteiger partial charge in [0.25, 0.3) is 0 Å². The van der Waals surface area contributed by atoms with Crippen LogP contribution in [0.2, 0.25) is 0 Å². The Bertz CT molecular complexity index is 668. The molecule has 5 atom stereocenters. The van der Waals surface area contributed by atoms with Gasteiger partial charge in [-0.3, -0.25) is 4.57 Å².